The van der Waals surface area contributed by atoms with Gasteiger partial charge in [-0.1, -0.05) is 0 Å². The zero-order chi connectivity index (χ0) is 19.9. The number of hydrogen-bond acceptors (Lipinski definition) is 6. The SMILES string of the molecule is CCOCCOc1ccc(S(=O)(=O)N2CCN(C(=O)CN(C)C)CC2)cc1. The molecule has 0 spiro atoms. The third-order valence-electron chi connectivity index (χ3n) is 4.20. The van der Waals surface area contributed by atoms with Gasteiger partial charge < -0.3 is 19.3 Å². The molecule has 0 bridgehead atoms. The van der Waals surface area contributed by atoms with Crippen molar-refractivity contribution in [2.24, 2.45) is 0 Å². The predicted molar refractivity (Wildman–Crippen MR) is 102 cm³/mol. The average Bonchev–Trinajstić information content (AvgIpc) is 2.65. The normalized spacial score (nSPS) is 15.9. The first kappa shape index (κ1) is 21.6. The molecule has 0 aromatic heterocycles. The van der Waals surface area contributed by atoms with E-state index in [4.69, 9.17) is 9.47 Å². The van der Waals surface area contributed by atoms with Gasteiger partial charge in [0.05, 0.1) is 18.0 Å². The van der Waals surface area contributed by atoms with Gasteiger partial charge in [0.1, 0.15) is 12.4 Å². The fourth-order valence-electron chi connectivity index (χ4n) is 2.77. The largest absolute Gasteiger partial charge is 0.491 e. The monoisotopic (exact) mass is 399 g/mol. The Balaban J connectivity index is 1.91. The molecule has 2 rings (SSSR count). The van der Waals surface area contributed by atoms with Crippen molar-refractivity contribution in [3.63, 3.8) is 0 Å². The Morgan fingerprint density at radius 1 is 1.07 bits per heavy atom. The fourth-order valence-corrected chi connectivity index (χ4v) is 4.19. The number of carbonyl (C=O) groups excluding carboxylic acids is 1. The lowest BCUT2D eigenvalue weighted by Gasteiger charge is -2.34. The third kappa shape index (κ3) is 6.17. The minimum atomic E-state index is -3.58. The Kier molecular flexibility index (Phi) is 8.03. The maximum absolute atomic E-state index is 12.8. The third-order valence-corrected chi connectivity index (χ3v) is 6.12. The van der Waals surface area contributed by atoms with Crippen LogP contribution in [0.4, 0.5) is 0 Å². The molecule has 1 aromatic rings. The molecule has 1 aliphatic rings. The molecule has 1 saturated heterocycles. The molecule has 9 heteroatoms. The van der Waals surface area contributed by atoms with Crippen LogP contribution in [-0.2, 0) is 19.6 Å². The number of hydrogen-bond donors (Lipinski definition) is 0. The molecular formula is C18H29N3O5S. The Bertz CT molecular complexity index is 698. The van der Waals surface area contributed by atoms with Crippen LogP contribution in [-0.4, -0.2) is 95.1 Å². The summed E-state index contributed by atoms with van der Waals surface area (Å²) >= 11 is 0. The number of sulfonamides is 1. The number of amides is 1. The number of likely N-dealkylation sites (N-methyl/N-ethyl adjacent to an activating group) is 1. The van der Waals surface area contributed by atoms with Crippen molar-refractivity contribution >= 4 is 15.9 Å². The van der Waals surface area contributed by atoms with Crippen molar-refractivity contribution in [2.75, 3.05) is 66.6 Å². The average molecular weight is 400 g/mol. The summed E-state index contributed by atoms with van der Waals surface area (Å²) in [7, 11) is 0.0969. The van der Waals surface area contributed by atoms with E-state index in [1.165, 1.54) is 4.31 Å². The zero-order valence-corrected chi connectivity index (χ0v) is 17.1. The van der Waals surface area contributed by atoms with Crippen LogP contribution in [0.3, 0.4) is 0 Å². The molecular weight excluding hydrogens is 370 g/mol. The second-order valence-electron chi connectivity index (χ2n) is 6.54. The van der Waals surface area contributed by atoms with E-state index in [1.54, 1.807) is 29.2 Å². The first-order valence-electron chi connectivity index (χ1n) is 9.08. The minimum absolute atomic E-state index is 0.0191. The molecule has 8 nitrogen and oxygen atoms in total. The van der Waals surface area contributed by atoms with E-state index in [9.17, 15) is 13.2 Å². The molecule has 0 N–H and O–H groups in total. The molecule has 0 aliphatic carbocycles. The lowest BCUT2D eigenvalue weighted by molar-refractivity contribution is -0.133. The van der Waals surface area contributed by atoms with Crippen LogP contribution in [0.2, 0.25) is 0 Å². The molecule has 27 heavy (non-hydrogen) atoms. The Labute approximate surface area is 161 Å². The summed E-state index contributed by atoms with van der Waals surface area (Å²) < 4.78 is 37.8. The van der Waals surface area contributed by atoms with Crippen molar-refractivity contribution in [1.82, 2.24) is 14.1 Å². The van der Waals surface area contributed by atoms with E-state index in [2.05, 4.69) is 0 Å². The van der Waals surface area contributed by atoms with Crippen LogP contribution in [0.1, 0.15) is 6.92 Å². The van der Waals surface area contributed by atoms with E-state index in [0.29, 0.717) is 58.3 Å². The molecule has 1 amide bonds. The summed E-state index contributed by atoms with van der Waals surface area (Å²) in [5, 5.41) is 0. The van der Waals surface area contributed by atoms with Gasteiger partial charge in [-0.3, -0.25) is 4.79 Å². The second-order valence-corrected chi connectivity index (χ2v) is 8.48. The molecule has 0 radical (unpaired) electrons. The van der Waals surface area contributed by atoms with Gasteiger partial charge in [0, 0.05) is 32.8 Å². The number of rotatable bonds is 9. The summed E-state index contributed by atoms with van der Waals surface area (Å²) in [5.41, 5.74) is 0. The topological polar surface area (TPSA) is 79.4 Å². The first-order chi connectivity index (χ1) is 12.8. The van der Waals surface area contributed by atoms with Crippen molar-refractivity contribution < 1.29 is 22.7 Å². The van der Waals surface area contributed by atoms with Gasteiger partial charge >= 0.3 is 0 Å². The highest BCUT2D eigenvalue weighted by atomic mass is 32.2. The van der Waals surface area contributed by atoms with Crippen LogP contribution in [0.5, 0.6) is 5.75 Å². The van der Waals surface area contributed by atoms with Crippen LogP contribution in [0.25, 0.3) is 0 Å². The number of carbonyl (C=O) groups is 1. The number of ether oxygens (including phenoxy) is 2. The minimum Gasteiger partial charge on any atom is -0.491 e. The summed E-state index contributed by atoms with van der Waals surface area (Å²) in [5.74, 6) is 0.623. The molecule has 0 saturated carbocycles. The van der Waals surface area contributed by atoms with Crippen molar-refractivity contribution in [2.45, 2.75) is 11.8 Å². The highest BCUT2D eigenvalue weighted by molar-refractivity contribution is 7.89. The zero-order valence-electron chi connectivity index (χ0n) is 16.3. The molecule has 1 aliphatic heterocycles. The Hall–Kier alpha value is -1.68. The van der Waals surface area contributed by atoms with E-state index < -0.39 is 10.0 Å². The summed E-state index contributed by atoms with van der Waals surface area (Å²) in [4.78, 5) is 15.8. The first-order valence-corrected chi connectivity index (χ1v) is 10.5. The van der Waals surface area contributed by atoms with Crippen LogP contribution in [0.15, 0.2) is 29.2 Å². The number of benzene rings is 1. The Morgan fingerprint density at radius 2 is 1.70 bits per heavy atom. The highest BCUT2D eigenvalue weighted by Gasteiger charge is 2.30. The van der Waals surface area contributed by atoms with Gasteiger partial charge in [-0.15, -0.1) is 0 Å². The van der Waals surface area contributed by atoms with Gasteiger partial charge in [0.2, 0.25) is 15.9 Å². The molecule has 0 atom stereocenters. The molecule has 0 unspecified atom stereocenters. The van der Waals surface area contributed by atoms with E-state index >= 15 is 0 Å². The van der Waals surface area contributed by atoms with Gasteiger partial charge in [0.15, 0.2) is 0 Å². The van der Waals surface area contributed by atoms with E-state index in [-0.39, 0.29) is 10.8 Å². The maximum atomic E-state index is 12.8. The molecule has 1 aromatic carbocycles. The van der Waals surface area contributed by atoms with E-state index in [1.807, 2.05) is 25.9 Å². The second kappa shape index (κ2) is 10.0. The van der Waals surface area contributed by atoms with Gasteiger partial charge in [-0.25, -0.2) is 8.42 Å². The van der Waals surface area contributed by atoms with Gasteiger partial charge in [-0.05, 0) is 45.3 Å². The van der Waals surface area contributed by atoms with E-state index in [0.717, 1.165) is 0 Å². The number of nitrogens with zero attached hydrogens (tertiary/aromatic N) is 3. The number of piperazine rings is 1. The van der Waals surface area contributed by atoms with Crippen molar-refractivity contribution in [1.29, 1.82) is 0 Å². The van der Waals surface area contributed by atoms with Crippen LogP contribution in [0, 0.1) is 0 Å². The summed E-state index contributed by atoms with van der Waals surface area (Å²) in [6.45, 7) is 5.21. The molecule has 152 valence electrons. The van der Waals surface area contributed by atoms with Crippen molar-refractivity contribution in [3.8, 4) is 5.75 Å². The standard InChI is InChI=1S/C18H29N3O5S/c1-4-25-13-14-26-16-5-7-17(8-6-16)27(23,24)21-11-9-20(10-12-21)18(22)15-19(2)3/h5-8H,4,9-15H2,1-3H3. The van der Waals surface area contributed by atoms with Gasteiger partial charge in [-0.2, -0.15) is 4.31 Å². The summed E-state index contributed by atoms with van der Waals surface area (Å²) in [6, 6.07) is 6.40. The summed E-state index contributed by atoms with van der Waals surface area (Å²) in [6.07, 6.45) is 0. The van der Waals surface area contributed by atoms with Gasteiger partial charge in [0.25, 0.3) is 0 Å². The molecule has 1 fully saturated rings. The fraction of sp³-hybridized carbons (Fsp3) is 0.611. The lowest BCUT2D eigenvalue weighted by atomic mass is 10.3. The predicted octanol–water partition coefficient (Wildman–Crippen LogP) is 0.496. The smallest absolute Gasteiger partial charge is 0.243 e. The highest BCUT2D eigenvalue weighted by Crippen LogP contribution is 2.21. The quantitative estimate of drug-likeness (QED) is 0.563. The van der Waals surface area contributed by atoms with Crippen LogP contribution >= 0.6 is 0 Å². The lowest BCUT2D eigenvalue weighted by Crippen LogP contribution is -2.52. The maximum Gasteiger partial charge on any atom is 0.243 e. The Morgan fingerprint density at radius 3 is 2.26 bits per heavy atom. The van der Waals surface area contributed by atoms with Crippen molar-refractivity contribution in [3.05, 3.63) is 24.3 Å². The molecule has 1 heterocycles. The van der Waals surface area contributed by atoms with Crippen LogP contribution < -0.4 is 4.74 Å².